The highest BCUT2D eigenvalue weighted by Crippen LogP contribution is 2.46. The number of rotatable bonds is 1. The molecular weight excluding hydrogens is 216 g/mol. The van der Waals surface area contributed by atoms with E-state index in [0.717, 1.165) is 32.4 Å². The zero-order valence-electron chi connectivity index (χ0n) is 8.32. The molecule has 0 aliphatic carbocycles. The quantitative estimate of drug-likeness (QED) is 0.731. The number of aromatic nitrogens is 2. The predicted molar refractivity (Wildman–Crippen MR) is 55.5 cm³/mol. The van der Waals surface area contributed by atoms with Crippen LogP contribution in [0.2, 0.25) is 0 Å². The van der Waals surface area contributed by atoms with Gasteiger partial charge in [0.25, 0.3) is 0 Å². The number of hydrogen-bond donors (Lipinski definition) is 1. The van der Waals surface area contributed by atoms with E-state index in [2.05, 4.69) is 15.1 Å². The average molecular weight is 229 g/mol. The Labute approximate surface area is 92.6 Å². The van der Waals surface area contributed by atoms with Crippen molar-refractivity contribution < 1.29 is 4.42 Å². The van der Waals surface area contributed by atoms with Crippen molar-refractivity contribution in [3.8, 4) is 0 Å². The first kappa shape index (κ1) is 9.42. The molecule has 0 radical (unpaired) electrons. The summed E-state index contributed by atoms with van der Waals surface area (Å²) in [5.74, 6) is 0.608. The van der Waals surface area contributed by atoms with Crippen LogP contribution in [0, 0.1) is 0 Å². The number of anilines is 1. The second-order valence-electron chi connectivity index (χ2n) is 4.39. The molecule has 5 nitrogen and oxygen atoms in total. The molecule has 3 saturated heterocycles. The van der Waals surface area contributed by atoms with E-state index < -0.39 is 0 Å². The lowest BCUT2D eigenvalue weighted by Crippen LogP contribution is -2.51. The normalized spacial score (nSPS) is 39.5. The van der Waals surface area contributed by atoms with Crippen LogP contribution in [0.1, 0.15) is 31.2 Å². The van der Waals surface area contributed by atoms with Crippen LogP contribution in [0.3, 0.4) is 0 Å². The molecule has 82 valence electrons. The highest BCUT2D eigenvalue weighted by Gasteiger charge is 2.45. The number of piperidine rings is 3. The van der Waals surface area contributed by atoms with Crippen molar-refractivity contribution in [2.45, 2.75) is 30.2 Å². The molecular formula is C9H13ClN4O. The Morgan fingerprint density at radius 3 is 2.67 bits per heavy atom. The number of hydrogen-bond acceptors (Lipinski definition) is 5. The van der Waals surface area contributed by atoms with Crippen LogP contribution in [0.4, 0.5) is 6.01 Å². The van der Waals surface area contributed by atoms with Gasteiger partial charge in [-0.1, -0.05) is 5.10 Å². The second-order valence-corrected chi connectivity index (χ2v) is 5.19. The van der Waals surface area contributed by atoms with Gasteiger partial charge in [-0.2, -0.15) is 0 Å². The minimum absolute atomic E-state index is 0.0668. The maximum atomic E-state index is 6.50. The van der Waals surface area contributed by atoms with Crippen LogP contribution in [-0.4, -0.2) is 33.1 Å². The van der Waals surface area contributed by atoms with Gasteiger partial charge in [-0.05, 0) is 19.3 Å². The first-order valence-corrected chi connectivity index (χ1v) is 5.56. The van der Waals surface area contributed by atoms with E-state index in [9.17, 15) is 0 Å². The van der Waals surface area contributed by atoms with Gasteiger partial charge in [-0.25, -0.2) is 0 Å². The summed E-state index contributed by atoms with van der Waals surface area (Å²) in [5.41, 5.74) is 5.42. The van der Waals surface area contributed by atoms with Gasteiger partial charge in [0, 0.05) is 18.0 Å². The Balaban J connectivity index is 1.88. The standard InChI is InChI=1S/C9H13ClN4O/c10-9-1-3-14(4-2-9)6(5-9)7-12-13-8(11)15-7/h6H,1-5H2,(H2,11,13). The molecule has 1 atom stereocenters. The topological polar surface area (TPSA) is 68.2 Å². The molecule has 3 fully saturated rings. The fraction of sp³-hybridized carbons (Fsp3) is 0.778. The summed E-state index contributed by atoms with van der Waals surface area (Å²) in [6.45, 7) is 2.02. The molecule has 4 heterocycles. The largest absolute Gasteiger partial charge is 0.407 e. The van der Waals surface area contributed by atoms with Gasteiger partial charge in [0.15, 0.2) is 0 Å². The zero-order chi connectivity index (χ0) is 10.5. The van der Waals surface area contributed by atoms with Crippen molar-refractivity contribution in [3.05, 3.63) is 5.89 Å². The zero-order valence-corrected chi connectivity index (χ0v) is 9.07. The summed E-state index contributed by atoms with van der Waals surface area (Å²) in [6.07, 6.45) is 2.99. The van der Waals surface area contributed by atoms with E-state index in [-0.39, 0.29) is 16.9 Å². The molecule has 15 heavy (non-hydrogen) atoms. The van der Waals surface area contributed by atoms with Gasteiger partial charge in [-0.15, -0.1) is 16.7 Å². The Morgan fingerprint density at radius 2 is 2.13 bits per heavy atom. The summed E-state index contributed by atoms with van der Waals surface area (Å²) >= 11 is 6.50. The molecule has 0 amide bonds. The lowest BCUT2D eigenvalue weighted by Gasteiger charge is -2.48. The summed E-state index contributed by atoms with van der Waals surface area (Å²) < 4.78 is 5.28. The van der Waals surface area contributed by atoms with Gasteiger partial charge in [0.05, 0.1) is 6.04 Å². The van der Waals surface area contributed by atoms with Crippen molar-refractivity contribution in [2.24, 2.45) is 0 Å². The second kappa shape index (κ2) is 3.09. The first-order chi connectivity index (χ1) is 7.16. The lowest BCUT2D eigenvalue weighted by molar-refractivity contribution is 0.0482. The fourth-order valence-corrected chi connectivity index (χ4v) is 2.86. The van der Waals surface area contributed by atoms with E-state index in [1.165, 1.54) is 0 Å². The van der Waals surface area contributed by atoms with Crippen molar-refractivity contribution in [1.82, 2.24) is 15.1 Å². The molecule has 0 aromatic carbocycles. The summed E-state index contributed by atoms with van der Waals surface area (Å²) in [7, 11) is 0. The Hall–Kier alpha value is -0.810. The van der Waals surface area contributed by atoms with Gasteiger partial charge in [0.1, 0.15) is 0 Å². The molecule has 4 rings (SSSR count). The van der Waals surface area contributed by atoms with E-state index in [1.54, 1.807) is 0 Å². The molecule has 2 bridgehead atoms. The van der Waals surface area contributed by atoms with E-state index in [1.807, 2.05) is 0 Å². The monoisotopic (exact) mass is 228 g/mol. The van der Waals surface area contributed by atoms with Crippen LogP contribution in [0.15, 0.2) is 4.42 Å². The summed E-state index contributed by atoms with van der Waals surface area (Å²) in [6, 6.07) is 0.297. The molecule has 1 aromatic heterocycles. The Morgan fingerprint density at radius 1 is 1.40 bits per heavy atom. The van der Waals surface area contributed by atoms with E-state index in [4.69, 9.17) is 21.8 Å². The van der Waals surface area contributed by atoms with Gasteiger partial charge < -0.3 is 10.2 Å². The Bertz CT molecular complexity index is 372. The molecule has 1 aromatic rings. The number of nitrogens with two attached hydrogens (primary N) is 1. The minimum atomic E-state index is -0.0668. The Kier molecular flexibility index (Phi) is 1.94. The van der Waals surface area contributed by atoms with E-state index in [0.29, 0.717) is 5.89 Å². The van der Waals surface area contributed by atoms with Crippen molar-refractivity contribution in [1.29, 1.82) is 0 Å². The van der Waals surface area contributed by atoms with E-state index >= 15 is 0 Å². The maximum Gasteiger partial charge on any atom is 0.312 e. The highest BCUT2D eigenvalue weighted by atomic mass is 35.5. The average Bonchev–Trinajstić information content (AvgIpc) is 2.65. The lowest BCUT2D eigenvalue weighted by atomic mass is 9.82. The highest BCUT2D eigenvalue weighted by molar-refractivity contribution is 6.24. The van der Waals surface area contributed by atoms with Crippen LogP contribution in [0.25, 0.3) is 0 Å². The van der Waals surface area contributed by atoms with Gasteiger partial charge >= 0.3 is 6.01 Å². The van der Waals surface area contributed by atoms with Crippen molar-refractivity contribution >= 4 is 17.6 Å². The third-order valence-corrected chi connectivity index (χ3v) is 3.97. The third kappa shape index (κ3) is 1.50. The SMILES string of the molecule is Nc1nnc(C2CC3(Cl)CCN2CC3)o1. The molecule has 1 unspecified atom stereocenters. The maximum absolute atomic E-state index is 6.50. The minimum Gasteiger partial charge on any atom is -0.407 e. The number of nitrogen functional groups attached to an aromatic ring is 1. The fourth-order valence-electron chi connectivity index (χ4n) is 2.54. The number of halogens is 1. The molecule has 6 heteroatoms. The number of nitrogens with zero attached hydrogens (tertiary/aromatic N) is 3. The van der Waals surface area contributed by atoms with Crippen LogP contribution >= 0.6 is 11.6 Å². The smallest absolute Gasteiger partial charge is 0.312 e. The van der Waals surface area contributed by atoms with Crippen LogP contribution in [-0.2, 0) is 0 Å². The number of fused-ring (bicyclic) bond motifs is 3. The van der Waals surface area contributed by atoms with Crippen molar-refractivity contribution in [2.75, 3.05) is 18.8 Å². The molecule has 3 aliphatic rings. The summed E-state index contributed by atoms with van der Waals surface area (Å²) in [4.78, 5) is 2.28. The van der Waals surface area contributed by atoms with Gasteiger partial charge in [-0.3, -0.25) is 4.90 Å². The predicted octanol–water partition coefficient (Wildman–Crippen LogP) is 1.17. The molecule has 0 saturated carbocycles. The molecule has 3 aliphatic heterocycles. The first-order valence-electron chi connectivity index (χ1n) is 5.18. The third-order valence-electron chi connectivity index (χ3n) is 3.44. The summed E-state index contributed by atoms with van der Waals surface area (Å²) in [5, 5.41) is 7.64. The molecule has 2 N–H and O–H groups in total. The van der Waals surface area contributed by atoms with Gasteiger partial charge in [0.2, 0.25) is 5.89 Å². The van der Waals surface area contributed by atoms with Crippen molar-refractivity contribution in [3.63, 3.8) is 0 Å². The van der Waals surface area contributed by atoms with Crippen LogP contribution < -0.4 is 5.73 Å². The van der Waals surface area contributed by atoms with Crippen LogP contribution in [0.5, 0.6) is 0 Å². The molecule has 0 spiro atoms. The number of alkyl halides is 1.